The van der Waals surface area contributed by atoms with Crippen molar-refractivity contribution in [1.82, 2.24) is 4.98 Å². The van der Waals surface area contributed by atoms with Gasteiger partial charge >= 0.3 is 7.12 Å². The summed E-state index contributed by atoms with van der Waals surface area (Å²) in [6.45, 7) is 8.22. The van der Waals surface area contributed by atoms with Gasteiger partial charge in [-0.1, -0.05) is 0 Å². The number of halogens is 1. The summed E-state index contributed by atoms with van der Waals surface area (Å²) in [5, 5.41) is 0. The van der Waals surface area contributed by atoms with Gasteiger partial charge in [-0.15, -0.1) is 0 Å². The minimum Gasteiger partial charge on any atom is -0.400 e. The zero-order valence-corrected chi connectivity index (χ0v) is 12.3. The van der Waals surface area contributed by atoms with Gasteiger partial charge in [0.25, 0.3) is 0 Å². The van der Waals surface area contributed by atoms with Crippen LogP contribution < -0.4 is 5.73 Å². The fourth-order valence-corrected chi connectivity index (χ4v) is 1.88. The molecule has 1 aliphatic heterocycles. The number of hydrogen-bond donors (Lipinski definition) is 1. The Morgan fingerprint density at radius 3 is 2.35 bits per heavy atom. The topological polar surface area (TPSA) is 57.4 Å². The van der Waals surface area contributed by atoms with Crippen LogP contribution in [0.2, 0.25) is 0 Å². The Morgan fingerprint density at radius 1 is 1.30 bits per heavy atom. The van der Waals surface area contributed by atoms with Gasteiger partial charge in [-0.2, -0.15) is 0 Å². The Bertz CT molecular complexity index is 498. The van der Waals surface area contributed by atoms with E-state index in [0.29, 0.717) is 5.69 Å². The van der Waals surface area contributed by atoms with Crippen molar-refractivity contribution in [1.29, 1.82) is 0 Å². The molecule has 4 nitrogen and oxygen atoms in total. The van der Waals surface area contributed by atoms with Crippen LogP contribution in [0.15, 0.2) is 23.8 Å². The minimum atomic E-state index is -0.503. The average molecular weight is 278 g/mol. The lowest BCUT2D eigenvalue weighted by Gasteiger charge is -2.32. The first-order chi connectivity index (χ1) is 9.25. The zero-order valence-electron chi connectivity index (χ0n) is 12.3. The highest BCUT2D eigenvalue weighted by Crippen LogP contribution is 2.38. The standard InChI is InChI=1S/C14H20BFN2O2/c1-13(2)14(3,4)20-15(19-13)10(8-17)7-12-6-5-11(16)9-18-12/h5-7,9H,8,17H2,1-4H3. The van der Waals surface area contributed by atoms with Crippen molar-refractivity contribution in [3.05, 3.63) is 35.3 Å². The van der Waals surface area contributed by atoms with Crippen molar-refractivity contribution < 1.29 is 13.7 Å². The lowest BCUT2D eigenvalue weighted by Crippen LogP contribution is -2.41. The molecule has 0 amide bonds. The molecule has 0 unspecified atom stereocenters. The highest BCUT2D eigenvalue weighted by Gasteiger charge is 2.52. The number of nitrogens with two attached hydrogens (primary N) is 1. The summed E-state index contributed by atoms with van der Waals surface area (Å²) in [4.78, 5) is 3.99. The third-order valence-electron chi connectivity index (χ3n) is 3.88. The summed E-state index contributed by atoms with van der Waals surface area (Å²) >= 11 is 0. The van der Waals surface area contributed by atoms with Crippen LogP contribution in [0.1, 0.15) is 33.4 Å². The molecule has 20 heavy (non-hydrogen) atoms. The molecule has 1 fully saturated rings. The maximum Gasteiger partial charge on any atom is 0.491 e. The fraction of sp³-hybridized carbons (Fsp3) is 0.500. The number of pyridine rings is 1. The van der Waals surface area contributed by atoms with Gasteiger partial charge in [0.15, 0.2) is 0 Å². The van der Waals surface area contributed by atoms with E-state index in [1.54, 1.807) is 12.1 Å². The third kappa shape index (κ3) is 2.92. The van der Waals surface area contributed by atoms with Crippen LogP contribution in [0.4, 0.5) is 4.39 Å². The van der Waals surface area contributed by atoms with E-state index < -0.39 is 18.3 Å². The SMILES string of the molecule is CC1(C)OB(C(=Cc2ccc(F)cn2)CN)OC1(C)C. The van der Waals surface area contributed by atoms with Gasteiger partial charge in [-0.05, 0) is 51.4 Å². The Morgan fingerprint density at radius 2 is 1.90 bits per heavy atom. The quantitative estimate of drug-likeness (QED) is 0.861. The number of aromatic nitrogens is 1. The summed E-state index contributed by atoms with van der Waals surface area (Å²) in [5.74, 6) is -0.368. The molecular weight excluding hydrogens is 258 g/mol. The molecule has 0 aliphatic carbocycles. The van der Waals surface area contributed by atoms with Crippen molar-refractivity contribution in [3.63, 3.8) is 0 Å². The van der Waals surface area contributed by atoms with Crippen LogP contribution in [0.3, 0.4) is 0 Å². The van der Waals surface area contributed by atoms with Crippen LogP contribution in [-0.2, 0) is 9.31 Å². The lowest BCUT2D eigenvalue weighted by molar-refractivity contribution is 0.00578. The van der Waals surface area contributed by atoms with Crippen molar-refractivity contribution in [2.24, 2.45) is 5.73 Å². The molecule has 1 aromatic heterocycles. The highest BCUT2D eigenvalue weighted by atomic mass is 19.1. The predicted octanol–water partition coefficient (Wildman–Crippen LogP) is 2.19. The van der Waals surface area contributed by atoms with Gasteiger partial charge < -0.3 is 15.0 Å². The molecule has 0 aromatic carbocycles. The summed E-state index contributed by atoms with van der Waals surface area (Å²) in [6, 6.07) is 2.95. The molecule has 2 N–H and O–H groups in total. The maximum atomic E-state index is 12.9. The van der Waals surface area contributed by atoms with Gasteiger partial charge in [0, 0.05) is 6.54 Å². The van der Waals surface area contributed by atoms with E-state index in [1.165, 1.54) is 12.3 Å². The molecule has 1 saturated heterocycles. The van der Waals surface area contributed by atoms with Gasteiger partial charge in [0.1, 0.15) is 5.82 Å². The van der Waals surface area contributed by atoms with E-state index in [9.17, 15) is 4.39 Å². The largest absolute Gasteiger partial charge is 0.491 e. The molecule has 6 heteroatoms. The number of hydrogen-bond acceptors (Lipinski definition) is 4. The van der Waals surface area contributed by atoms with Crippen LogP contribution in [0.25, 0.3) is 6.08 Å². The van der Waals surface area contributed by atoms with Crippen molar-refractivity contribution in [3.8, 4) is 0 Å². The molecular formula is C14H20BFN2O2. The monoisotopic (exact) mass is 278 g/mol. The molecule has 0 radical (unpaired) electrons. The van der Waals surface area contributed by atoms with Crippen molar-refractivity contribution in [2.75, 3.05) is 6.54 Å². The molecule has 1 aliphatic rings. The first kappa shape index (κ1) is 15.2. The van der Waals surface area contributed by atoms with E-state index in [2.05, 4.69) is 4.98 Å². The molecule has 0 spiro atoms. The first-order valence-corrected chi connectivity index (χ1v) is 6.63. The second-order valence-corrected chi connectivity index (χ2v) is 5.91. The van der Waals surface area contributed by atoms with E-state index in [-0.39, 0.29) is 12.4 Å². The summed E-state index contributed by atoms with van der Waals surface area (Å²) in [5.41, 5.74) is 6.36. The predicted molar refractivity (Wildman–Crippen MR) is 77.3 cm³/mol. The number of nitrogens with zero attached hydrogens (tertiary/aromatic N) is 1. The molecule has 0 atom stereocenters. The zero-order chi connectivity index (χ0) is 15.0. The third-order valence-corrected chi connectivity index (χ3v) is 3.88. The first-order valence-electron chi connectivity index (χ1n) is 6.63. The lowest BCUT2D eigenvalue weighted by atomic mass is 9.77. The Balaban J connectivity index is 2.24. The van der Waals surface area contributed by atoms with Crippen LogP contribution in [0, 0.1) is 5.82 Å². The van der Waals surface area contributed by atoms with Crippen molar-refractivity contribution in [2.45, 2.75) is 38.9 Å². The summed E-state index contributed by atoms with van der Waals surface area (Å²) in [6.07, 6.45) is 2.95. The maximum absolute atomic E-state index is 12.9. The highest BCUT2D eigenvalue weighted by molar-refractivity contribution is 6.55. The molecule has 2 heterocycles. The Hall–Kier alpha value is -1.24. The fourth-order valence-electron chi connectivity index (χ4n) is 1.88. The van der Waals surface area contributed by atoms with E-state index >= 15 is 0 Å². The normalized spacial score (nSPS) is 21.3. The summed E-state index contributed by atoms with van der Waals surface area (Å²) < 4.78 is 24.7. The van der Waals surface area contributed by atoms with E-state index in [4.69, 9.17) is 15.0 Å². The smallest absolute Gasteiger partial charge is 0.400 e. The molecule has 1 aromatic rings. The number of rotatable bonds is 3. The average Bonchev–Trinajstić information content (AvgIpc) is 2.57. The van der Waals surface area contributed by atoms with Crippen molar-refractivity contribution >= 4 is 13.2 Å². The molecule has 0 bridgehead atoms. The second kappa shape index (κ2) is 5.28. The van der Waals surface area contributed by atoms with E-state index in [0.717, 1.165) is 5.47 Å². The van der Waals surface area contributed by atoms with Crippen LogP contribution in [-0.4, -0.2) is 29.8 Å². The van der Waals surface area contributed by atoms with Gasteiger partial charge in [-0.25, -0.2) is 4.39 Å². The van der Waals surface area contributed by atoms with Crippen LogP contribution >= 0.6 is 0 Å². The van der Waals surface area contributed by atoms with Gasteiger partial charge in [-0.3, -0.25) is 4.98 Å². The molecule has 108 valence electrons. The molecule has 2 rings (SSSR count). The van der Waals surface area contributed by atoms with Gasteiger partial charge in [0.2, 0.25) is 0 Å². The summed E-state index contributed by atoms with van der Waals surface area (Å²) in [7, 11) is -0.503. The minimum absolute atomic E-state index is 0.288. The Labute approximate surface area is 119 Å². The van der Waals surface area contributed by atoms with Gasteiger partial charge in [0.05, 0.1) is 23.1 Å². The molecule has 0 saturated carbocycles. The van der Waals surface area contributed by atoms with Crippen LogP contribution in [0.5, 0.6) is 0 Å². The Kier molecular flexibility index (Phi) is 4.00. The van der Waals surface area contributed by atoms with E-state index in [1.807, 2.05) is 27.7 Å². The second-order valence-electron chi connectivity index (χ2n) is 5.91.